The molecule has 3 rings (SSSR count). The summed E-state index contributed by atoms with van der Waals surface area (Å²) in [7, 11) is -1.41. The van der Waals surface area contributed by atoms with Crippen molar-refractivity contribution in [3.05, 3.63) is 82.9 Å². The summed E-state index contributed by atoms with van der Waals surface area (Å²) in [5, 5.41) is 3.20. The highest BCUT2D eigenvalue weighted by atomic mass is 35.5. The van der Waals surface area contributed by atoms with Gasteiger partial charge in [0.1, 0.15) is 24.1 Å². The van der Waals surface area contributed by atoms with Crippen LogP contribution >= 0.6 is 11.6 Å². The number of hydrogen-bond donors (Lipinski definition) is 1. The molecule has 0 aromatic heterocycles. The van der Waals surface area contributed by atoms with E-state index in [1.165, 1.54) is 37.3 Å². The van der Waals surface area contributed by atoms with Gasteiger partial charge in [0.15, 0.2) is 0 Å². The first kappa shape index (κ1) is 31.8. The Morgan fingerprint density at radius 1 is 0.976 bits per heavy atom. The maximum Gasteiger partial charge on any atom is 0.264 e. The maximum atomic E-state index is 14.2. The molecular weight excluding hydrogens is 566 g/mol. The molecule has 0 saturated heterocycles. The molecule has 0 aliphatic carbocycles. The normalized spacial score (nSPS) is 11.9. The van der Waals surface area contributed by atoms with Crippen LogP contribution in [0.2, 0.25) is 5.02 Å². The van der Waals surface area contributed by atoms with Gasteiger partial charge in [0.05, 0.1) is 24.8 Å². The van der Waals surface area contributed by atoms with E-state index in [1.54, 1.807) is 62.4 Å². The van der Waals surface area contributed by atoms with Gasteiger partial charge in [0, 0.05) is 24.2 Å². The smallest absolute Gasteiger partial charge is 0.264 e. The maximum absolute atomic E-state index is 14.2. The average Bonchev–Trinajstić information content (AvgIpc) is 2.96. The standard InChI is InChI=1S/C30H36ClN3O6S/c1-6-26(30(36)32-7-2)33(19-22-10-8-9-11-25(22)31)29(35)20-34(27-18-23(39-4)14-17-28(27)40-5)41(37,38)24-15-12-21(3)13-16-24/h8-18,26H,6-7,19-20H2,1-5H3,(H,32,36). The van der Waals surface area contributed by atoms with E-state index in [4.69, 9.17) is 21.1 Å². The third-order valence-electron chi connectivity index (χ3n) is 6.58. The summed E-state index contributed by atoms with van der Waals surface area (Å²) in [6.07, 6.45) is 0.301. The number of likely N-dealkylation sites (N-methyl/N-ethyl adjacent to an activating group) is 1. The Bertz CT molecular complexity index is 1460. The Morgan fingerprint density at radius 3 is 2.24 bits per heavy atom. The summed E-state index contributed by atoms with van der Waals surface area (Å²) in [5.41, 5.74) is 1.62. The molecule has 1 N–H and O–H groups in total. The van der Waals surface area contributed by atoms with Crippen molar-refractivity contribution in [1.82, 2.24) is 10.2 Å². The van der Waals surface area contributed by atoms with Gasteiger partial charge in [-0.1, -0.05) is 54.4 Å². The molecule has 0 saturated carbocycles. The van der Waals surface area contributed by atoms with Crippen LogP contribution in [0.15, 0.2) is 71.6 Å². The van der Waals surface area contributed by atoms with Crippen LogP contribution in [-0.2, 0) is 26.2 Å². The number of benzene rings is 3. The number of sulfonamides is 1. The summed E-state index contributed by atoms with van der Waals surface area (Å²) in [4.78, 5) is 28.6. The van der Waals surface area contributed by atoms with E-state index >= 15 is 0 Å². The van der Waals surface area contributed by atoms with Crippen LogP contribution in [0.1, 0.15) is 31.4 Å². The SMILES string of the molecule is CCNC(=O)C(CC)N(Cc1ccccc1Cl)C(=O)CN(c1cc(OC)ccc1OC)S(=O)(=O)c1ccc(C)cc1. The predicted molar refractivity (Wildman–Crippen MR) is 160 cm³/mol. The fraction of sp³-hybridized carbons (Fsp3) is 0.333. The Hall–Kier alpha value is -3.76. The van der Waals surface area contributed by atoms with E-state index < -0.39 is 28.5 Å². The molecule has 1 unspecified atom stereocenters. The molecule has 0 heterocycles. The summed E-state index contributed by atoms with van der Waals surface area (Å²) in [6, 6.07) is 17.2. The van der Waals surface area contributed by atoms with Gasteiger partial charge in [0.25, 0.3) is 10.0 Å². The molecule has 9 nitrogen and oxygen atoms in total. The minimum absolute atomic E-state index is 0.00180. The number of amides is 2. The van der Waals surface area contributed by atoms with E-state index in [9.17, 15) is 18.0 Å². The third-order valence-corrected chi connectivity index (χ3v) is 8.72. The second-order valence-corrected chi connectivity index (χ2v) is 11.6. The van der Waals surface area contributed by atoms with Crippen LogP contribution in [0.5, 0.6) is 11.5 Å². The lowest BCUT2D eigenvalue weighted by Crippen LogP contribution is -2.52. The first-order chi connectivity index (χ1) is 19.6. The van der Waals surface area contributed by atoms with Gasteiger partial charge >= 0.3 is 0 Å². The zero-order valence-electron chi connectivity index (χ0n) is 23.9. The van der Waals surface area contributed by atoms with Crippen molar-refractivity contribution < 1.29 is 27.5 Å². The molecule has 41 heavy (non-hydrogen) atoms. The average molecular weight is 602 g/mol. The molecule has 11 heteroatoms. The van der Waals surface area contributed by atoms with Crippen LogP contribution in [0.4, 0.5) is 5.69 Å². The lowest BCUT2D eigenvalue weighted by molar-refractivity contribution is -0.140. The topological polar surface area (TPSA) is 105 Å². The van der Waals surface area contributed by atoms with Gasteiger partial charge in [-0.15, -0.1) is 0 Å². The molecule has 220 valence electrons. The lowest BCUT2D eigenvalue weighted by atomic mass is 10.1. The van der Waals surface area contributed by atoms with Gasteiger partial charge in [-0.25, -0.2) is 8.42 Å². The molecule has 0 radical (unpaired) electrons. The highest BCUT2D eigenvalue weighted by molar-refractivity contribution is 7.92. The van der Waals surface area contributed by atoms with Gasteiger partial charge in [-0.05, 0) is 56.2 Å². The Labute approximate surface area is 247 Å². The van der Waals surface area contributed by atoms with Gasteiger partial charge in [-0.2, -0.15) is 0 Å². The van der Waals surface area contributed by atoms with Crippen molar-refractivity contribution in [2.75, 3.05) is 31.6 Å². The summed E-state index contributed by atoms with van der Waals surface area (Å²) < 4.78 is 40.1. The van der Waals surface area contributed by atoms with E-state index in [1.807, 2.05) is 6.92 Å². The number of nitrogens with zero attached hydrogens (tertiary/aromatic N) is 2. The molecule has 0 spiro atoms. The molecule has 2 amide bonds. The molecule has 1 atom stereocenters. The molecule has 0 bridgehead atoms. The van der Waals surface area contributed by atoms with Gasteiger partial charge in [-0.3, -0.25) is 13.9 Å². The van der Waals surface area contributed by atoms with Crippen LogP contribution in [0.3, 0.4) is 0 Å². The van der Waals surface area contributed by atoms with E-state index in [2.05, 4.69) is 5.32 Å². The monoisotopic (exact) mass is 601 g/mol. The van der Waals surface area contributed by atoms with E-state index in [0.717, 1.165) is 9.87 Å². The van der Waals surface area contributed by atoms with E-state index in [-0.39, 0.29) is 28.8 Å². The number of halogens is 1. The Morgan fingerprint density at radius 2 is 1.66 bits per heavy atom. The predicted octanol–water partition coefficient (Wildman–Crippen LogP) is 4.80. The van der Waals surface area contributed by atoms with Crippen LogP contribution in [-0.4, -0.2) is 58.5 Å². The number of rotatable bonds is 13. The van der Waals surface area contributed by atoms with Crippen molar-refractivity contribution in [1.29, 1.82) is 0 Å². The summed E-state index contributed by atoms with van der Waals surface area (Å²) in [5.74, 6) is -0.340. The van der Waals surface area contributed by atoms with Crippen LogP contribution in [0, 0.1) is 6.92 Å². The van der Waals surface area contributed by atoms with Crippen molar-refractivity contribution in [3.8, 4) is 11.5 Å². The molecule has 0 aliphatic rings. The number of carbonyl (C=O) groups is 2. The molecular formula is C30H36ClN3O6S. The quantitative estimate of drug-likeness (QED) is 0.302. The number of methoxy groups -OCH3 is 2. The number of ether oxygens (including phenoxy) is 2. The van der Waals surface area contributed by atoms with Crippen molar-refractivity contribution in [3.63, 3.8) is 0 Å². The van der Waals surface area contributed by atoms with Gasteiger partial charge in [0.2, 0.25) is 11.8 Å². The molecule has 0 aliphatic heterocycles. The largest absolute Gasteiger partial charge is 0.497 e. The Kier molecular flexibility index (Phi) is 11.0. The highest BCUT2D eigenvalue weighted by Gasteiger charge is 2.35. The number of aryl methyl sites for hydroxylation is 1. The third kappa shape index (κ3) is 7.51. The fourth-order valence-corrected chi connectivity index (χ4v) is 5.98. The summed E-state index contributed by atoms with van der Waals surface area (Å²) >= 11 is 6.43. The number of nitrogens with one attached hydrogen (secondary N) is 1. The highest BCUT2D eigenvalue weighted by Crippen LogP contribution is 2.36. The van der Waals surface area contributed by atoms with Crippen molar-refractivity contribution in [2.24, 2.45) is 0 Å². The van der Waals surface area contributed by atoms with Crippen molar-refractivity contribution in [2.45, 2.75) is 44.7 Å². The van der Waals surface area contributed by atoms with Gasteiger partial charge < -0.3 is 19.7 Å². The van der Waals surface area contributed by atoms with E-state index in [0.29, 0.717) is 29.3 Å². The first-order valence-electron chi connectivity index (χ1n) is 13.2. The molecule has 0 fully saturated rings. The second kappa shape index (κ2) is 14.2. The van der Waals surface area contributed by atoms with Crippen molar-refractivity contribution >= 4 is 39.1 Å². The summed E-state index contributed by atoms with van der Waals surface area (Å²) in [6.45, 7) is 5.19. The zero-order valence-corrected chi connectivity index (χ0v) is 25.5. The number of hydrogen-bond acceptors (Lipinski definition) is 6. The second-order valence-electron chi connectivity index (χ2n) is 9.29. The lowest BCUT2D eigenvalue weighted by Gasteiger charge is -2.33. The van der Waals surface area contributed by atoms with Crippen LogP contribution in [0.25, 0.3) is 0 Å². The first-order valence-corrected chi connectivity index (χ1v) is 15.0. The number of carbonyl (C=O) groups excluding carboxylic acids is 2. The van der Waals surface area contributed by atoms with Crippen LogP contribution < -0.4 is 19.1 Å². The Balaban J connectivity index is 2.16. The minimum Gasteiger partial charge on any atom is -0.497 e. The molecule has 3 aromatic rings. The number of anilines is 1. The zero-order chi connectivity index (χ0) is 30.2. The minimum atomic E-state index is -4.28. The molecule has 3 aromatic carbocycles. The fourth-order valence-electron chi connectivity index (χ4n) is 4.36.